The molecule has 3 heterocycles. The van der Waals surface area contributed by atoms with Gasteiger partial charge in [-0.1, -0.05) is 12.8 Å². The number of aryl methyl sites for hydroxylation is 1. The zero-order valence-electron chi connectivity index (χ0n) is 16.6. The molecule has 0 N–H and O–H groups in total. The van der Waals surface area contributed by atoms with Crippen molar-refractivity contribution in [3.63, 3.8) is 0 Å². The van der Waals surface area contributed by atoms with Crippen LogP contribution in [0.5, 0.6) is 0 Å². The molecule has 1 saturated carbocycles. The van der Waals surface area contributed by atoms with E-state index in [0.29, 0.717) is 11.6 Å². The van der Waals surface area contributed by atoms with Crippen LogP contribution in [0, 0.1) is 11.8 Å². The summed E-state index contributed by atoms with van der Waals surface area (Å²) in [5.74, 6) is 1.40. The van der Waals surface area contributed by atoms with Crippen LogP contribution in [-0.4, -0.2) is 59.1 Å². The number of rotatable bonds is 6. The van der Waals surface area contributed by atoms with Crippen molar-refractivity contribution < 1.29 is 14.3 Å². The second-order valence-corrected chi connectivity index (χ2v) is 8.58. The number of aromatic nitrogens is 2. The number of nitrogens with zero attached hydrogens (tertiary/aromatic N) is 3. The summed E-state index contributed by atoms with van der Waals surface area (Å²) in [5, 5.41) is 4.25. The summed E-state index contributed by atoms with van der Waals surface area (Å²) in [6.45, 7) is 4.15. The van der Waals surface area contributed by atoms with E-state index >= 15 is 0 Å². The number of carbonyl (C=O) groups excluding carboxylic acids is 1. The van der Waals surface area contributed by atoms with Crippen LogP contribution < -0.4 is 0 Å². The van der Waals surface area contributed by atoms with Gasteiger partial charge < -0.3 is 14.4 Å². The highest BCUT2D eigenvalue weighted by Gasteiger charge is 2.46. The molecular formula is C21H33N3O3. The Morgan fingerprint density at radius 3 is 2.78 bits per heavy atom. The first-order valence-corrected chi connectivity index (χ1v) is 10.7. The van der Waals surface area contributed by atoms with Gasteiger partial charge in [-0.05, 0) is 56.4 Å². The average molecular weight is 376 g/mol. The topological polar surface area (TPSA) is 56.6 Å². The van der Waals surface area contributed by atoms with Crippen molar-refractivity contribution in [2.24, 2.45) is 18.9 Å². The van der Waals surface area contributed by atoms with Gasteiger partial charge in [0.25, 0.3) is 5.91 Å². The van der Waals surface area contributed by atoms with Crippen LogP contribution in [0.4, 0.5) is 0 Å². The maximum atomic E-state index is 12.6. The first-order valence-electron chi connectivity index (χ1n) is 10.7. The zero-order chi connectivity index (χ0) is 18.7. The van der Waals surface area contributed by atoms with Gasteiger partial charge in [0.05, 0.1) is 5.60 Å². The summed E-state index contributed by atoms with van der Waals surface area (Å²) in [5.41, 5.74) is 0.495. The van der Waals surface area contributed by atoms with Gasteiger partial charge in [-0.15, -0.1) is 0 Å². The van der Waals surface area contributed by atoms with Gasteiger partial charge in [-0.25, -0.2) is 0 Å². The molecule has 4 rings (SSSR count). The number of amides is 1. The Labute approximate surface area is 162 Å². The predicted octanol–water partition coefficient (Wildman–Crippen LogP) is 3.03. The maximum Gasteiger partial charge on any atom is 0.274 e. The van der Waals surface area contributed by atoms with Gasteiger partial charge in [0.15, 0.2) is 0 Å². The number of hydrogen-bond acceptors (Lipinski definition) is 4. The highest BCUT2D eigenvalue weighted by atomic mass is 16.5. The molecule has 6 heteroatoms. The Hall–Kier alpha value is -1.40. The fourth-order valence-corrected chi connectivity index (χ4v) is 5.18. The third-order valence-corrected chi connectivity index (χ3v) is 6.87. The molecule has 150 valence electrons. The standard InChI is InChI=1S/C21H33N3O3/c1-23-11-6-19(22-23)20(25)24-12-9-21(10-13-24)18(8-15-27-21)7-14-26-16-17-4-2-3-5-17/h6,11,17-18H,2-5,7-10,12-16H2,1H3. The van der Waals surface area contributed by atoms with Gasteiger partial charge in [0.2, 0.25) is 0 Å². The molecule has 1 atom stereocenters. The molecule has 1 unspecified atom stereocenters. The molecule has 1 aliphatic carbocycles. The van der Waals surface area contributed by atoms with Crippen molar-refractivity contribution in [2.45, 2.75) is 57.0 Å². The zero-order valence-corrected chi connectivity index (χ0v) is 16.6. The van der Waals surface area contributed by atoms with Crippen molar-refractivity contribution in [1.82, 2.24) is 14.7 Å². The summed E-state index contributed by atoms with van der Waals surface area (Å²) in [6, 6.07) is 1.79. The molecule has 3 fully saturated rings. The fourth-order valence-electron chi connectivity index (χ4n) is 5.18. The van der Waals surface area contributed by atoms with E-state index in [0.717, 1.165) is 64.5 Å². The predicted molar refractivity (Wildman–Crippen MR) is 103 cm³/mol. The van der Waals surface area contributed by atoms with Crippen LogP contribution in [-0.2, 0) is 16.5 Å². The van der Waals surface area contributed by atoms with E-state index in [1.807, 2.05) is 18.1 Å². The van der Waals surface area contributed by atoms with Crippen molar-refractivity contribution >= 4 is 5.91 Å². The maximum absolute atomic E-state index is 12.6. The van der Waals surface area contributed by atoms with E-state index in [1.54, 1.807) is 10.7 Å². The van der Waals surface area contributed by atoms with E-state index in [2.05, 4.69) is 5.10 Å². The molecule has 1 amide bonds. The van der Waals surface area contributed by atoms with Crippen molar-refractivity contribution in [3.8, 4) is 0 Å². The highest BCUT2D eigenvalue weighted by Crippen LogP contribution is 2.42. The van der Waals surface area contributed by atoms with Crippen LogP contribution in [0.2, 0.25) is 0 Å². The minimum absolute atomic E-state index is 0.0416. The molecule has 0 aromatic carbocycles. The van der Waals surface area contributed by atoms with Crippen molar-refractivity contribution in [1.29, 1.82) is 0 Å². The average Bonchev–Trinajstić information content (AvgIpc) is 3.42. The number of carbonyl (C=O) groups is 1. The van der Waals surface area contributed by atoms with Crippen LogP contribution >= 0.6 is 0 Å². The van der Waals surface area contributed by atoms with Gasteiger partial charge >= 0.3 is 0 Å². The monoisotopic (exact) mass is 375 g/mol. The molecule has 1 aromatic heterocycles. The number of hydrogen-bond donors (Lipinski definition) is 0. The van der Waals surface area contributed by atoms with Gasteiger partial charge in [0, 0.05) is 46.2 Å². The highest BCUT2D eigenvalue weighted by molar-refractivity contribution is 5.92. The first kappa shape index (κ1) is 18.9. The molecular weight excluding hydrogens is 342 g/mol. The van der Waals surface area contributed by atoms with Crippen LogP contribution in [0.25, 0.3) is 0 Å². The van der Waals surface area contributed by atoms with Gasteiger partial charge in [-0.3, -0.25) is 9.48 Å². The Morgan fingerprint density at radius 1 is 1.30 bits per heavy atom. The third kappa shape index (κ3) is 4.21. The smallest absolute Gasteiger partial charge is 0.274 e. The first-order chi connectivity index (χ1) is 13.2. The Balaban J connectivity index is 1.25. The second-order valence-electron chi connectivity index (χ2n) is 8.58. The van der Waals surface area contributed by atoms with Crippen LogP contribution in [0.15, 0.2) is 12.3 Å². The summed E-state index contributed by atoms with van der Waals surface area (Å²) >= 11 is 0. The number of ether oxygens (including phenoxy) is 2. The van der Waals surface area contributed by atoms with Gasteiger partial charge in [-0.2, -0.15) is 5.10 Å². The minimum Gasteiger partial charge on any atom is -0.381 e. The molecule has 1 aromatic rings. The largest absolute Gasteiger partial charge is 0.381 e. The van der Waals surface area contributed by atoms with Crippen LogP contribution in [0.3, 0.4) is 0 Å². The molecule has 0 radical (unpaired) electrons. The lowest BCUT2D eigenvalue weighted by molar-refractivity contribution is -0.0677. The molecule has 6 nitrogen and oxygen atoms in total. The Kier molecular flexibility index (Phi) is 5.83. The lowest BCUT2D eigenvalue weighted by Gasteiger charge is -2.42. The van der Waals surface area contributed by atoms with E-state index in [1.165, 1.54) is 25.7 Å². The third-order valence-electron chi connectivity index (χ3n) is 6.87. The molecule has 1 spiro atoms. The summed E-state index contributed by atoms with van der Waals surface area (Å²) in [6.07, 6.45) is 11.3. The second kappa shape index (κ2) is 8.31. The SMILES string of the molecule is Cn1ccc(C(=O)N2CCC3(CC2)OCCC3CCOCC2CCCC2)n1. The van der Waals surface area contributed by atoms with Crippen LogP contribution in [0.1, 0.15) is 61.9 Å². The molecule has 27 heavy (non-hydrogen) atoms. The lowest BCUT2D eigenvalue weighted by Crippen LogP contribution is -2.49. The van der Waals surface area contributed by atoms with E-state index in [9.17, 15) is 4.79 Å². The molecule has 0 bridgehead atoms. The lowest BCUT2D eigenvalue weighted by atomic mass is 9.78. The molecule has 3 aliphatic rings. The normalized spacial score (nSPS) is 25.5. The Morgan fingerprint density at radius 2 is 2.07 bits per heavy atom. The number of likely N-dealkylation sites (tertiary alicyclic amines) is 1. The summed E-state index contributed by atoms with van der Waals surface area (Å²) in [4.78, 5) is 14.6. The summed E-state index contributed by atoms with van der Waals surface area (Å²) < 4.78 is 13.9. The van der Waals surface area contributed by atoms with Gasteiger partial charge in [0.1, 0.15) is 5.69 Å². The van der Waals surface area contributed by atoms with E-state index in [-0.39, 0.29) is 11.5 Å². The fraction of sp³-hybridized carbons (Fsp3) is 0.810. The Bertz CT molecular complexity index is 630. The van der Waals surface area contributed by atoms with E-state index < -0.39 is 0 Å². The molecule has 2 aliphatic heterocycles. The quantitative estimate of drug-likeness (QED) is 0.717. The van der Waals surface area contributed by atoms with Crippen molar-refractivity contribution in [3.05, 3.63) is 18.0 Å². The van der Waals surface area contributed by atoms with Crippen molar-refractivity contribution in [2.75, 3.05) is 32.9 Å². The minimum atomic E-state index is -0.0440. The molecule has 2 saturated heterocycles. The van der Waals surface area contributed by atoms with E-state index in [4.69, 9.17) is 9.47 Å². The summed E-state index contributed by atoms with van der Waals surface area (Å²) in [7, 11) is 1.84. The number of piperidine rings is 1.